The highest BCUT2D eigenvalue weighted by Gasteiger charge is 2.14. The summed E-state index contributed by atoms with van der Waals surface area (Å²) in [6.07, 6.45) is 0. The molecule has 5 aromatic carbocycles. The predicted octanol–water partition coefficient (Wildman–Crippen LogP) is 8.22. The van der Waals surface area contributed by atoms with Crippen LogP contribution in [0.15, 0.2) is 140 Å². The molecule has 0 radical (unpaired) electrons. The fourth-order valence-corrected chi connectivity index (χ4v) is 3.95. The van der Waals surface area contributed by atoms with Gasteiger partial charge in [0.2, 0.25) is 0 Å². The summed E-state index contributed by atoms with van der Waals surface area (Å²) in [4.78, 5) is 2.26. The molecule has 0 aliphatic rings. The van der Waals surface area contributed by atoms with E-state index in [0.29, 0.717) is 0 Å². The minimum Gasteiger partial charge on any atom is -0.309 e. The maximum atomic E-state index is 3.47. The Kier molecular flexibility index (Phi) is 6.00. The normalized spacial score (nSPS) is 10.2. The number of rotatable bonds is 4. The molecule has 1 heteroatoms. The van der Waals surface area contributed by atoms with E-state index in [1.807, 2.05) is 30.3 Å². The van der Waals surface area contributed by atoms with Crippen LogP contribution in [0.3, 0.4) is 0 Å². The first-order valence-electron chi connectivity index (χ1n) is 11.1. The molecule has 0 aliphatic heterocycles. The van der Waals surface area contributed by atoms with Gasteiger partial charge in [-0.2, -0.15) is 0 Å². The molecule has 0 aromatic heterocycles. The average molecular weight is 422 g/mol. The summed E-state index contributed by atoms with van der Waals surface area (Å²) in [7, 11) is 0. The summed E-state index contributed by atoms with van der Waals surface area (Å²) in [5.41, 5.74) is 7.57. The van der Waals surface area contributed by atoms with E-state index in [0.717, 1.165) is 33.8 Å². The molecule has 0 saturated carbocycles. The number of hydrogen-bond donors (Lipinski definition) is 0. The second-order valence-corrected chi connectivity index (χ2v) is 7.69. The maximum Gasteiger partial charge on any atom is 0.0618 e. The van der Waals surface area contributed by atoms with Crippen molar-refractivity contribution >= 4 is 17.1 Å². The van der Waals surface area contributed by atoms with Crippen LogP contribution in [0.1, 0.15) is 11.1 Å². The Hall–Kier alpha value is -4.54. The van der Waals surface area contributed by atoms with Crippen LogP contribution < -0.4 is 4.90 Å². The number of para-hydroxylation sites is 3. The van der Waals surface area contributed by atoms with Crippen LogP contribution in [-0.4, -0.2) is 0 Å². The molecule has 1 nitrogen and oxygen atoms in total. The number of nitrogens with zero attached hydrogens (tertiary/aromatic N) is 1. The zero-order valence-electron chi connectivity index (χ0n) is 18.2. The zero-order chi connectivity index (χ0) is 22.3. The van der Waals surface area contributed by atoms with E-state index in [4.69, 9.17) is 0 Å². The van der Waals surface area contributed by atoms with Gasteiger partial charge < -0.3 is 4.90 Å². The summed E-state index contributed by atoms with van der Waals surface area (Å²) in [5, 5.41) is 0. The molecule has 0 aliphatic carbocycles. The Morgan fingerprint density at radius 1 is 0.394 bits per heavy atom. The minimum absolute atomic E-state index is 0.980. The summed E-state index contributed by atoms with van der Waals surface area (Å²) < 4.78 is 0. The third kappa shape index (κ3) is 4.56. The smallest absolute Gasteiger partial charge is 0.0618 e. The Balaban J connectivity index is 1.61. The van der Waals surface area contributed by atoms with Gasteiger partial charge in [-0.25, -0.2) is 0 Å². The molecule has 0 fully saturated rings. The van der Waals surface area contributed by atoms with Gasteiger partial charge in [0.1, 0.15) is 0 Å². The van der Waals surface area contributed by atoms with E-state index in [1.54, 1.807) is 0 Å². The fraction of sp³-hybridized carbons (Fsp3) is 0. The van der Waals surface area contributed by atoms with E-state index >= 15 is 0 Å². The third-order valence-corrected chi connectivity index (χ3v) is 5.52. The van der Waals surface area contributed by atoms with Crippen molar-refractivity contribution in [2.75, 3.05) is 4.90 Å². The molecule has 0 amide bonds. The van der Waals surface area contributed by atoms with Crippen molar-refractivity contribution < 1.29 is 0 Å². The van der Waals surface area contributed by atoms with Crippen molar-refractivity contribution in [3.63, 3.8) is 0 Å². The Bertz CT molecular complexity index is 1360. The molecule has 33 heavy (non-hydrogen) atoms. The second kappa shape index (κ2) is 9.73. The van der Waals surface area contributed by atoms with E-state index in [2.05, 4.69) is 126 Å². The summed E-state index contributed by atoms with van der Waals surface area (Å²) in [6.45, 7) is 0. The first kappa shape index (κ1) is 20.4. The van der Waals surface area contributed by atoms with Crippen LogP contribution in [0.2, 0.25) is 0 Å². The third-order valence-electron chi connectivity index (χ3n) is 5.52. The van der Waals surface area contributed by atoms with Crippen LogP contribution >= 0.6 is 0 Å². The monoisotopic (exact) mass is 421 g/mol. The van der Waals surface area contributed by atoms with Gasteiger partial charge in [0.05, 0.1) is 5.69 Å². The number of benzene rings is 5. The summed E-state index contributed by atoms with van der Waals surface area (Å²) in [5.74, 6) is 6.92. The highest BCUT2D eigenvalue weighted by atomic mass is 15.1. The Labute approximate surface area is 195 Å². The van der Waals surface area contributed by atoms with E-state index in [1.165, 1.54) is 5.56 Å². The van der Waals surface area contributed by atoms with Gasteiger partial charge in [0.25, 0.3) is 0 Å². The SMILES string of the molecule is C(#Cc1ccccc1N(c1ccccc1)c1ccccc1)c1ccccc1-c1ccccc1. The molecule has 0 atom stereocenters. The van der Waals surface area contributed by atoms with Crippen molar-refractivity contribution in [1.82, 2.24) is 0 Å². The molecule has 0 saturated heterocycles. The van der Waals surface area contributed by atoms with Crippen LogP contribution in [0.4, 0.5) is 17.1 Å². The first-order chi connectivity index (χ1) is 16.4. The van der Waals surface area contributed by atoms with Crippen LogP contribution in [0.25, 0.3) is 11.1 Å². The molecule has 0 spiro atoms. The largest absolute Gasteiger partial charge is 0.309 e. The molecular formula is C32H23N. The molecular weight excluding hydrogens is 398 g/mol. The topological polar surface area (TPSA) is 3.24 Å². The number of hydrogen-bond acceptors (Lipinski definition) is 1. The van der Waals surface area contributed by atoms with Gasteiger partial charge in [0, 0.05) is 22.5 Å². The van der Waals surface area contributed by atoms with E-state index < -0.39 is 0 Å². The fourth-order valence-electron chi connectivity index (χ4n) is 3.95. The molecule has 0 heterocycles. The van der Waals surface area contributed by atoms with Gasteiger partial charge >= 0.3 is 0 Å². The van der Waals surface area contributed by atoms with Crippen LogP contribution in [-0.2, 0) is 0 Å². The van der Waals surface area contributed by atoms with E-state index in [9.17, 15) is 0 Å². The summed E-state index contributed by atoms with van der Waals surface area (Å²) in [6, 6.07) is 47.9. The standard InChI is InChI=1S/C32H23N/c1-4-14-26(15-5-1)31-22-12-10-16-27(31)24-25-28-17-11-13-23-32(28)33(29-18-6-2-7-19-29)30-20-8-3-9-21-30/h1-23H. The van der Waals surface area contributed by atoms with Crippen molar-refractivity contribution in [2.24, 2.45) is 0 Å². The lowest BCUT2D eigenvalue weighted by molar-refractivity contribution is 1.27. The lowest BCUT2D eigenvalue weighted by atomic mass is 9.99. The van der Waals surface area contributed by atoms with Gasteiger partial charge in [-0.3, -0.25) is 0 Å². The van der Waals surface area contributed by atoms with Crippen LogP contribution in [0, 0.1) is 11.8 Å². The van der Waals surface area contributed by atoms with Gasteiger partial charge in [-0.15, -0.1) is 0 Å². The van der Waals surface area contributed by atoms with Crippen LogP contribution in [0.5, 0.6) is 0 Å². The Morgan fingerprint density at radius 3 is 1.48 bits per heavy atom. The highest BCUT2D eigenvalue weighted by Crippen LogP contribution is 2.36. The van der Waals surface area contributed by atoms with Gasteiger partial charge in [-0.05, 0) is 53.6 Å². The Morgan fingerprint density at radius 2 is 0.848 bits per heavy atom. The second-order valence-electron chi connectivity index (χ2n) is 7.69. The predicted molar refractivity (Wildman–Crippen MR) is 139 cm³/mol. The lowest BCUT2D eigenvalue weighted by Gasteiger charge is -2.26. The molecule has 156 valence electrons. The zero-order valence-corrected chi connectivity index (χ0v) is 18.2. The molecule has 5 rings (SSSR count). The van der Waals surface area contributed by atoms with Crippen molar-refractivity contribution in [1.29, 1.82) is 0 Å². The minimum atomic E-state index is 0.980. The molecule has 0 unspecified atom stereocenters. The quantitative estimate of drug-likeness (QED) is 0.264. The first-order valence-corrected chi connectivity index (χ1v) is 11.1. The molecule has 0 N–H and O–H groups in total. The average Bonchev–Trinajstić information content (AvgIpc) is 2.90. The van der Waals surface area contributed by atoms with E-state index in [-0.39, 0.29) is 0 Å². The van der Waals surface area contributed by atoms with Crippen molar-refractivity contribution in [3.8, 4) is 23.0 Å². The number of anilines is 3. The van der Waals surface area contributed by atoms with Crippen molar-refractivity contribution in [3.05, 3.63) is 151 Å². The highest BCUT2D eigenvalue weighted by molar-refractivity contribution is 5.80. The molecule has 0 bridgehead atoms. The maximum absolute atomic E-state index is 3.47. The molecule has 5 aromatic rings. The lowest BCUT2D eigenvalue weighted by Crippen LogP contribution is -2.11. The van der Waals surface area contributed by atoms with Crippen molar-refractivity contribution in [2.45, 2.75) is 0 Å². The van der Waals surface area contributed by atoms with Gasteiger partial charge in [-0.1, -0.05) is 109 Å². The van der Waals surface area contributed by atoms with Gasteiger partial charge in [0.15, 0.2) is 0 Å². The summed E-state index contributed by atoms with van der Waals surface area (Å²) >= 11 is 0.